The first-order valence-electron chi connectivity index (χ1n) is 5.44. The number of carbonyl (C=O) groups excluding carboxylic acids is 1. The molecule has 0 bridgehead atoms. The molecule has 1 aromatic rings. The fourth-order valence-corrected chi connectivity index (χ4v) is 1.53. The van der Waals surface area contributed by atoms with Crippen LogP contribution in [0.3, 0.4) is 0 Å². The number of hydrogen-bond donors (Lipinski definition) is 1. The normalized spacial score (nSPS) is 19.9. The molecule has 1 amide bonds. The van der Waals surface area contributed by atoms with Gasteiger partial charge in [-0.05, 0) is 25.3 Å². The van der Waals surface area contributed by atoms with E-state index in [0.29, 0.717) is 13.0 Å². The van der Waals surface area contributed by atoms with Crippen molar-refractivity contribution < 1.29 is 9.18 Å². The topological polar surface area (TPSA) is 49.0 Å². The molecule has 1 N–H and O–H groups in total. The first kappa shape index (κ1) is 12.7. The van der Waals surface area contributed by atoms with Crippen LogP contribution in [0.5, 0.6) is 0 Å². The van der Waals surface area contributed by atoms with E-state index < -0.39 is 6.17 Å². The minimum absolute atomic E-state index is 0.0117. The van der Waals surface area contributed by atoms with Crippen LogP contribution in [0, 0.1) is 6.92 Å². The fourth-order valence-electron chi connectivity index (χ4n) is 1.53. The summed E-state index contributed by atoms with van der Waals surface area (Å²) in [5, 5.41) is 6.38. The Labute approximate surface area is 94.8 Å². The highest BCUT2D eigenvalue weighted by molar-refractivity contribution is 5.73. The summed E-state index contributed by atoms with van der Waals surface area (Å²) < 4.78 is 12.6. The summed E-state index contributed by atoms with van der Waals surface area (Å²) in [4.78, 5) is 12.3. The second kappa shape index (κ2) is 6.25. The molecule has 0 saturated carbocycles. The third-order valence-corrected chi connectivity index (χ3v) is 2.44. The molecular weight excluding hydrogens is 209 g/mol. The van der Waals surface area contributed by atoms with Crippen molar-refractivity contribution in [3.8, 4) is 0 Å². The molecule has 0 radical (unpaired) electrons. The lowest BCUT2D eigenvalue weighted by Crippen LogP contribution is -2.39. The largest absolute Gasteiger partial charge is 0.340 e. The molecule has 5 heteroatoms. The van der Waals surface area contributed by atoms with Crippen LogP contribution < -0.4 is 0 Å². The first-order valence-corrected chi connectivity index (χ1v) is 5.44. The van der Waals surface area contributed by atoms with Crippen LogP contribution in [0.2, 0.25) is 0 Å². The standard InChI is InChI=1S/C7H12FNO.C4H6N2/c1-6(10)9-4-2-3-7(8)5-9;1-4-2-5-6-3-4/h7H,2-5H2,1H3;2-3H,1H3,(H,5,6). The lowest BCUT2D eigenvalue weighted by Gasteiger charge is -2.27. The highest BCUT2D eigenvalue weighted by Gasteiger charge is 2.20. The second-order valence-electron chi connectivity index (χ2n) is 3.98. The number of aromatic amines is 1. The van der Waals surface area contributed by atoms with E-state index in [9.17, 15) is 9.18 Å². The molecule has 90 valence electrons. The average Bonchev–Trinajstić information content (AvgIpc) is 2.70. The van der Waals surface area contributed by atoms with Crippen LogP contribution in [0.1, 0.15) is 25.3 Å². The number of aryl methyl sites for hydroxylation is 1. The van der Waals surface area contributed by atoms with Gasteiger partial charge in [-0.15, -0.1) is 0 Å². The summed E-state index contributed by atoms with van der Waals surface area (Å²) in [5.74, 6) is -0.0117. The zero-order valence-corrected chi connectivity index (χ0v) is 9.74. The molecule has 0 aliphatic carbocycles. The summed E-state index contributed by atoms with van der Waals surface area (Å²) in [6.07, 6.45) is 4.25. The number of aromatic nitrogens is 2. The fraction of sp³-hybridized carbons (Fsp3) is 0.636. The Kier molecular flexibility index (Phi) is 4.95. The predicted octanol–water partition coefficient (Wildman–Crippen LogP) is 1.68. The Morgan fingerprint density at radius 1 is 1.69 bits per heavy atom. The van der Waals surface area contributed by atoms with Gasteiger partial charge in [0.15, 0.2) is 0 Å². The molecule has 1 fully saturated rings. The molecular formula is C11H18FN3O. The maximum Gasteiger partial charge on any atom is 0.219 e. The molecule has 16 heavy (non-hydrogen) atoms. The number of amides is 1. The SMILES string of the molecule is CC(=O)N1CCCC(F)C1.Cc1cn[nH]c1. The zero-order valence-electron chi connectivity index (χ0n) is 9.74. The zero-order chi connectivity index (χ0) is 12.0. The second-order valence-corrected chi connectivity index (χ2v) is 3.98. The van der Waals surface area contributed by atoms with Gasteiger partial charge in [0.2, 0.25) is 5.91 Å². The Hall–Kier alpha value is -1.39. The van der Waals surface area contributed by atoms with Gasteiger partial charge in [-0.1, -0.05) is 0 Å². The summed E-state index contributed by atoms with van der Waals surface area (Å²) in [6, 6.07) is 0. The number of nitrogens with one attached hydrogen (secondary N) is 1. The Morgan fingerprint density at radius 3 is 2.75 bits per heavy atom. The lowest BCUT2D eigenvalue weighted by atomic mass is 10.1. The van der Waals surface area contributed by atoms with E-state index in [4.69, 9.17) is 0 Å². The highest BCUT2D eigenvalue weighted by Crippen LogP contribution is 2.12. The van der Waals surface area contributed by atoms with Crippen LogP contribution in [-0.2, 0) is 4.79 Å². The van der Waals surface area contributed by atoms with Gasteiger partial charge in [0.05, 0.1) is 12.7 Å². The average molecular weight is 227 g/mol. The Morgan fingerprint density at radius 2 is 2.44 bits per heavy atom. The summed E-state index contributed by atoms with van der Waals surface area (Å²) in [5.41, 5.74) is 1.18. The molecule has 1 aliphatic heterocycles. The molecule has 2 heterocycles. The molecule has 0 spiro atoms. The predicted molar refractivity (Wildman–Crippen MR) is 59.7 cm³/mol. The van der Waals surface area contributed by atoms with Crippen molar-refractivity contribution in [2.75, 3.05) is 13.1 Å². The van der Waals surface area contributed by atoms with Crippen LogP contribution in [0.4, 0.5) is 4.39 Å². The van der Waals surface area contributed by atoms with Gasteiger partial charge in [0.1, 0.15) is 6.17 Å². The Bertz CT molecular complexity index is 313. The molecule has 1 unspecified atom stereocenters. The van der Waals surface area contributed by atoms with Gasteiger partial charge >= 0.3 is 0 Å². The van der Waals surface area contributed by atoms with Crippen molar-refractivity contribution in [2.45, 2.75) is 32.9 Å². The van der Waals surface area contributed by atoms with Gasteiger partial charge in [-0.2, -0.15) is 5.10 Å². The number of likely N-dealkylation sites (tertiary alicyclic amines) is 1. The number of halogens is 1. The molecule has 1 aliphatic rings. The monoisotopic (exact) mass is 227 g/mol. The van der Waals surface area contributed by atoms with Crippen molar-refractivity contribution in [2.24, 2.45) is 0 Å². The molecule has 2 rings (SSSR count). The van der Waals surface area contributed by atoms with Crippen LogP contribution in [-0.4, -0.2) is 40.3 Å². The number of piperidine rings is 1. The molecule has 1 aromatic heterocycles. The Balaban J connectivity index is 0.000000181. The maximum atomic E-state index is 12.6. The van der Waals surface area contributed by atoms with Crippen molar-refractivity contribution in [1.29, 1.82) is 0 Å². The van der Waals surface area contributed by atoms with Crippen molar-refractivity contribution >= 4 is 5.91 Å². The minimum atomic E-state index is -0.794. The summed E-state index contributed by atoms with van der Waals surface area (Å²) >= 11 is 0. The molecule has 1 atom stereocenters. The van der Waals surface area contributed by atoms with Crippen LogP contribution >= 0.6 is 0 Å². The number of alkyl halides is 1. The number of rotatable bonds is 0. The lowest BCUT2D eigenvalue weighted by molar-refractivity contribution is -0.130. The van der Waals surface area contributed by atoms with E-state index in [0.717, 1.165) is 13.0 Å². The minimum Gasteiger partial charge on any atom is -0.340 e. The smallest absolute Gasteiger partial charge is 0.219 e. The summed E-state index contributed by atoms with van der Waals surface area (Å²) in [6.45, 7) is 4.51. The molecule has 4 nitrogen and oxygen atoms in total. The van der Waals surface area contributed by atoms with E-state index >= 15 is 0 Å². The number of hydrogen-bond acceptors (Lipinski definition) is 2. The third-order valence-electron chi connectivity index (χ3n) is 2.44. The van der Waals surface area contributed by atoms with Gasteiger partial charge in [0, 0.05) is 19.7 Å². The van der Waals surface area contributed by atoms with E-state index in [-0.39, 0.29) is 5.91 Å². The first-order chi connectivity index (χ1) is 7.59. The van der Waals surface area contributed by atoms with E-state index in [1.54, 1.807) is 11.1 Å². The van der Waals surface area contributed by atoms with Gasteiger partial charge < -0.3 is 4.90 Å². The van der Waals surface area contributed by atoms with Crippen LogP contribution in [0.15, 0.2) is 12.4 Å². The van der Waals surface area contributed by atoms with E-state index in [1.807, 2.05) is 13.1 Å². The number of nitrogens with zero attached hydrogens (tertiary/aromatic N) is 2. The van der Waals surface area contributed by atoms with Gasteiger partial charge in [-0.25, -0.2) is 4.39 Å². The number of H-pyrrole nitrogens is 1. The van der Waals surface area contributed by atoms with E-state index in [1.165, 1.54) is 12.5 Å². The highest BCUT2D eigenvalue weighted by atomic mass is 19.1. The van der Waals surface area contributed by atoms with Crippen molar-refractivity contribution in [1.82, 2.24) is 15.1 Å². The maximum absolute atomic E-state index is 12.6. The van der Waals surface area contributed by atoms with E-state index in [2.05, 4.69) is 10.2 Å². The van der Waals surface area contributed by atoms with Crippen molar-refractivity contribution in [3.63, 3.8) is 0 Å². The van der Waals surface area contributed by atoms with Crippen LogP contribution in [0.25, 0.3) is 0 Å². The van der Waals surface area contributed by atoms with Crippen molar-refractivity contribution in [3.05, 3.63) is 18.0 Å². The molecule has 0 aromatic carbocycles. The van der Waals surface area contributed by atoms with Gasteiger partial charge in [-0.3, -0.25) is 9.89 Å². The van der Waals surface area contributed by atoms with Gasteiger partial charge in [0.25, 0.3) is 0 Å². The molecule has 1 saturated heterocycles. The third kappa shape index (κ3) is 4.42. The quantitative estimate of drug-likeness (QED) is 0.733. The summed E-state index contributed by atoms with van der Waals surface area (Å²) in [7, 11) is 0. The number of carbonyl (C=O) groups is 1.